The first-order valence-electron chi connectivity index (χ1n) is 10.0. The van der Waals surface area contributed by atoms with Gasteiger partial charge in [-0.15, -0.1) is 0 Å². The molecule has 0 saturated carbocycles. The number of halogens is 2. The zero-order valence-corrected chi connectivity index (χ0v) is 20.0. The molecule has 0 aromatic heterocycles. The van der Waals surface area contributed by atoms with Crippen LogP contribution in [0.4, 0.5) is 10.5 Å². The summed E-state index contributed by atoms with van der Waals surface area (Å²) < 4.78 is 27.3. The number of anilines is 1. The predicted molar refractivity (Wildman–Crippen MR) is 125 cm³/mol. The Morgan fingerprint density at radius 1 is 0.938 bits per heavy atom. The zero-order chi connectivity index (χ0) is 23.5. The molecule has 1 saturated heterocycles. The number of benzene rings is 2. The molecule has 1 aliphatic rings. The first-order chi connectivity index (χ1) is 15.1. The highest BCUT2D eigenvalue weighted by molar-refractivity contribution is 7.89. The number of hydrogen-bond acceptors (Lipinski definition) is 4. The van der Waals surface area contributed by atoms with Crippen molar-refractivity contribution in [3.63, 3.8) is 0 Å². The number of carbonyl (C=O) groups excluding carboxylic acids is 2. The van der Waals surface area contributed by atoms with Crippen LogP contribution < -0.4 is 10.6 Å². The van der Waals surface area contributed by atoms with Crippen LogP contribution in [0.1, 0.15) is 24.2 Å². The van der Waals surface area contributed by atoms with Gasteiger partial charge in [-0.3, -0.25) is 4.79 Å². The molecule has 3 amide bonds. The van der Waals surface area contributed by atoms with E-state index in [9.17, 15) is 18.0 Å². The van der Waals surface area contributed by atoms with Gasteiger partial charge in [0.1, 0.15) is 4.90 Å². The molecule has 32 heavy (non-hydrogen) atoms. The highest BCUT2D eigenvalue weighted by Crippen LogP contribution is 2.32. The number of hydrogen-bond donors (Lipinski definition) is 2. The SMILES string of the molecule is CC(C)NC(=O)Nc1ccccc1C(=O)N1CCN(S(=O)(=O)c2c(Cl)cccc2Cl)CC1. The second-order valence-electron chi connectivity index (χ2n) is 7.55. The van der Waals surface area contributed by atoms with E-state index in [1.165, 1.54) is 16.4 Å². The number of nitrogens with one attached hydrogen (secondary N) is 2. The van der Waals surface area contributed by atoms with Crippen LogP contribution in [0.2, 0.25) is 10.0 Å². The molecule has 2 aromatic rings. The molecule has 11 heteroatoms. The molecular weight excluding hydrogens is 475 g/mol. The Balaban J connectivity index is 1.72. The maximum absolute atomic E-state index is 13.1. The number of rotatable bonds is 5. The number of carbonyl (C=O) groups is 2. The van der Waals surface area contributed by atoms with Crippen molar-refractivity contribution in [1.82, 2.24) is 14.5 Å². The minimum absolute atomic E-state index is 0.0516. The quantitative estimate of drug-likeness (QED) is 0.656. The third kappa shape index (κ3) is 5.35. The maximum atomic E-state index is 13.1. The van der Waals surface area contributed by atoms with Gasteiger partial charge in [-0.25, -0.2) is 13.2 Å². The standard InChI is InChI=1S/C21H24Cl2N4O4S/c1-14(2)24-21(29)25-18-9-4-3-6-15(18)20(28)26-10-12-27(13-11-26)32(30,31)19-16(22)7-5-8-17(19)23/h3-9,14H,10-13H2,1-2H3,(H2,24,25,29). The lowest BCUT2D eigenvalue weighted by Crippen LogP contribution is -2.50. The Morgan fingerprint density at radius 2 is 1.53 bits per heavy atom. The molecule has 1 fully saturated rings. The van der Waals surface area contributed by atoms with Crippen LogP contribution in [0.15, 0.2) is 47.4 Å². The summed E-state index contributed by atoms with van der Waals surface area (Å²) in [6.45, 7) is 4.23. The summed E-state index contributed by atoms with van der Waals surface area (Å²) in [5.41, 5.74) is 0.713. The van der Waals surface area contributed by atoms with Gasteiger partial charge in [0, 0.05) is 32.2 Å². The lowest BCUT2D eigenvalue weighted by molar-refractivity contribution is 0.0699. The van der Waals surface area contributed by atoms with Crippen molar-refractivity contribution in [1.29, 1.82) is 0 Å². The minimum Gasteiger partial charge on any atom is -0.336 e. The second kappa shape index (κ2) is 10.1. The van der Waals surface area contributed by atoms with Gasteiger partial charge in [0.05, 0.1) is 21.3 Å². The van der Waals surface area contributed by atoms with Gasteiger partial charge in [0.25, 0.3) is 5.91 Å². The van der Waals surface area contributed by atoms with E-state index in [0.29, 0.717) is 11.3 Å². The van der Waals surface area contributed by atoms with Gasteiger partial charge in [0.2, 0.25) is 10.0 Å². The number of piperazine rings is 1. The number of sulfonamides is 1. The fourth-order valence-corrected chi connectivity index (χ4v) is 5.87. The summed E-state index contributed by atoms with van der Waals surface area (Å²) in [5, 5.41) is 5.51. The van der Waals surface area contributed by atoms with Gasteiger partial charge in [0.15, 0.2) is 0 Å². The number of urea groups is 1. The van der Waals surface area contributed by atoms with E-state index in [1.54, 1.807) is 35.2 Å². The first-order valence-corrected chi connectivity index (χ1v) is 12.2. The molecule has 0 radical (unpaired) electrons. The molecule has 2 aromatic carbocycles. The number of para-hydroxylation sites is 1. The van der Waals surface area contributed by atoms with Crippen molar-refractivity contribution in [2.24, 2.45) is 0 Å². The summed E-state index contributed by atoms with van der Waals surface area (Å²) in [5.74, 6) is -0.293. The zero-order valence-electron chi connectivity index (χ0n) is 17.6. The van der Waals surface area contributed by atoms with Crippen LogP contribution in [-0.4, -0.2) is 61.8 Å². The molecule has 0 aliphatic carbocycles. The topological polar surface area (TPSA) is 98.8 Å². The highest BCUT2D eigenvalue weighted by Gasteiger charge is 2.33. The van der Waals surface area contributed by atoms with E-state index in [0.717, 1.165) is 0 Å². The molecule has 172 valence electrons. The predicted octanol–water partition coefficient (Wildman–Crippen LogP) is 3.67. The molecule has 8 nitrogen and oxygen atoms in total. The van der Waals surface area contributed by atoms with Crippen molar-refractivity contribution in [2.75, 3.05) is 31.5 Å². The van der Waals surface area contributed by atoms with E-state index in [1.807, 2.05) is 13.8 Å². The first kappa shape index (κ1) is 24.3. The van der Waals surface area contributed by atoms with E-state index in [-0.39, 0.29) is 53.1 Å². The van der Waals surface area contributed by atoms with Crippen LogP contribution in [0, 0.1) is 0 Å². The van der Waals surface area contributed by atoms with Crippen molar-refractivity contribution in [3.05, 3.63) is 58.1 Å². The Kier molecular flexibility index (Phi) is 7.66. The summed E-state index contributed by atoms with van der Waals surface area (Å²) in [7, 11) is -3.91. The lowest BCUT2D eigenvalue weighted by atomic mass is 10.1. The van der Waals surface area contributed by atoms with Crippen LogP contribution >= 0.6 is 23.2 Å². The summed E-state index contributed by atoms with van der Waals surface area (Å²) >= 11 is 12.2. The minimum atomic E-state index is -3.91. The fourth-order valence-electron chi connectivity index (χ4n) is 3.36. The van der Waals surface area contributed by atoms with Gasteiger partial charge < -0.3 is 15.5 Å². The van der Waals surface area contributed by atoms with Crippen molar-refractivity contribution in [3.8, 4) is 0 Å². The van der Waals surface area contributed by atoms with Gasteiger partial charge >= 0.3 is 6.03 Å². The van der Waals surface area contributed by atoms with Crippen molar-refractivity contribution >= 4 is 50.9 Å². The molecule has 1 aliphatic heterocycles. The molecule has 3 rings (SSSR count). The van der Waals surface area contributed by atoms with Crippen molar-refractivity contribution < 1.29 is 18.0 Å². The Bertz CT molecular complexity index is 1100. The molecule has 0 atom stereocenters. The molecular formula is C21H24Cl2N4O4S. The van der Waals surface area contributed by atoms with Crippen LogP contribution in [0.3, 0.4) is 0 Å². The lowest BCUT2D eigenvalue weighted by Gasteiger charge is -2.34. The number of nitrogens with zero attached hydrogens (tertiary/aromatic N) is 2. The smallest absolute Gasteiger partial charge is 0.319 e. The third-order valence-corrected chi connectivity index (χ3v) is 7.72. The van der Waals surface area contributed by atoms with E-state index in [4.69, 9.17) is 23.2 Å². The van der Waals surface area contributed by atoms with Gasteiger partial charge in [-0.2, -0.15) is 4.31 Å². The van der Waals surface area contributed by atoms with E-state index in [2.05, 4.69) is 10.6 Å². The summed E-state index contributed by atoms with van der Waals surface area (Å²) in [6.07, 6.45) is 0. The molecule has 0 unspecified atom stereocenters. The molecule has 2 N–H and O–H groups in total. The average molecular weight is 499 g/mol. The summed E-state index contributed by atoms with van der Waals surface area (Å²) in [6, 6.07) is 10.8. The fraction of sp³-hybridized carbons (Fsp3) is 0.333. The van der Waals surface area contributed by atoms with Gasteiger partial charge in [-0.1, -0.05) is 41.4 Å². The van der Waals surface area contributed by atoms with Crippen LogP contribution in [0.5, 0.6) is 0 Å². The molecule has 0 spiro atoms. The normalized spacial score (nSPS) is 15.0. The average Bonchev–Trinajstić information content (AvgIpc) is 2.73. The van der Waals surface area contributed by atoms with Crippen LogP contribution in [-0.2, 0) is 10.0 Å². The highest BCUT2D eigenvalue weighted by atomic mass is 35.5. The van der Waals surface area contributed by atoms with Gasteiger partial charge in [-0.05, 0) is 38.1 Å². The third-order valence-electron chi connectivity index (χ3n) is 4.87. The largest absolute Gasteiger partial charge is 0.336 e. The summed E-state index contributed by atoms with van der Waals surface area (Å²) in [4.78, 5) is 26.6. The van der Waals surface area contributed by atoms with Crippen molar-refractivity contribution in [2.45, 2.75) is 24.8 Å². The molecule has 0 bridgehead atoms. The Labute approximate surface area is 197 Å². The molecule has 1 heterocycles. The Morgan fingerprint density at radius 3 is 2.12 bits per heavy atom. The monoisotopic (exact) mass is 498 g/mol. The number of amides is 3. The maximum Gasteiger partial charge on any atom is 0.319 e. The van der Waals surface area contributed by atoms with E-state index >= 15 is 0 Å². The Hall–Kier alpha value is -2.33. The second-order valence-corrected chi connectivity index (χ2v) is 10.2. The van der Waals surface area contributed by atoms with Crippen LogP contribution in [0.25, 0.3) is 0 Å². The van der Waals surface area contributed by atoms with E-state index < -0.39 is 16.1 Å².